The Morgan fingerprint density at radius 1 is 1.15 bits per heavy atom. The summed E-state index contributed by atoms with van der Waals surface area (Å²) in [5.41, 5.74) is 1.31. The van der Waals surface area contributed by atoms with Gasteiger partial charge in [-0.25, -0.2) is 4.68 Å². The third-order valence-electron chi connectivity index (χ3n) is 3.01. The van der Waals surface area contributed by atoms with Crippen LogP contribution in [0.2, 0.25) is 0 Å². The minimum absolute atomic E-state index is 0.00440. The molecule has 0 saturated heterocycles. The Morgan fingerprint density at radius 3 is 2.75 bits per heavy atom. The van der Waals surface area contributed by atoms with Crippen LogP contribution in [0.4, 0.5) is 0 Å². The lowest BCUT2D eigenvalue weighted by Crippen LogP contribution is -2.09. The quantitative estimate of drug-likeness (QED) is 0.667. The van der Waals surface area contributed by atoms with Gasteiger partial charge in [-0.2, -0.15) is 0 Å². The zero-order chi connectivity index (χ0) is 13.8. The minimum Gasteiger partial charge on any atom is -0.469 e. The van der Waals surface area contributed by atoms with Crippen LogP contribution in [0.5, 0.6) is 0 Å². The van der Waals surface area contributed by atoms with Crippen molar-refractivity contribution in [1.29, 1.82) is 0 Å². The number of aryl methyl sites for hydroxylation is 1. The maximum absolute atomic E-state index is 12.3. The molecule has 0 bridgehead atoms. The summed E-state index contributed by atoms with van der Waals surface area (Å²) < 4.78 is 6.79. The van der Waals surface area contributed by atoms with Crippen molar-refractivity contribution < 1.29 is 9.21 Å². The van der Waals surface area contributed by atoms with Crippen LogP contribution in [-0.4, -0.2) is 20.8 Å². The van der Waals surface area contributed by atoms with Crippen molar-refractivity contribution >= 4 is 5.78 Å². The molecule has 0 fully saturated rings. The average Bonchev–Trinajstić information content (AvgIpc) is 3.17. The molecular weight excluding hydrogens is 254 g/mol. The molecule has 0 aliphatic carbocycles. The third kappa shape index (κ3) is 2.51. The second-order valence-corrected chi connectivity index (χ2v) is 4.37. The molecule has 0 spiro atoms. The van der Waals surface area contributed by atoms with Crippen molar-refractivity contribution in [2.45, 2.75) is 12.8 Å². The number of ketones is 1. The fourth-order valence-electron chi connectivity index (χ4n) is 2.00. The van der Waals surface area contributed by atoms with Crippen LogP contribution in [0.3, 0.4) is 0 Å². The number of carbonyl (C=O) groups is 1. The van der Waals surface area contributed by atoms with Crippen molar-refractivity contribution in [2.75, 3.05) is 0 Å². The number of Topliss-reactive ketones (excluding diaryl/α,β-unsaturated/α-hetero) is 1. The number of hydrogen-bond donors (Lipinski definition) is 0. The van der Waals surface area contributed by atoms with E-state index in [4.69, 9.17) is 4.42 Å². The molecule has 0 N–H and O–H groups in total. The van der Waals surface area contributed by atoms with Crippen LogP contribution in [-0.2, 0) is 6.42 Å². The second-order valence-electron chi connectivity index (χ2n) is 4.37. The van der Waals surface area contributed by atoms with Crippen molar-refractivity contribution in [2.24, 2.45) is 0 Å². The molecule has 0 radical (unpaired) electrons. The van der Waals surface area contributed by atoms with E-state index >= 15 is 0 Å². The van der Waals surface area contributed by atoms with E-state index in [0.717, 1.165) is 11.4 Å². The lowest BCUT2D eigenvalue weighted by molar-refractivity contribution is 0.0973. The van der Waals surface area contributed by atoms with Crippen LogP contribution in [0.1, 0.15) is 22.7 Å². The molecule has 2 aromatic heterocycles. The molecular formula is C15H13N3O2. The van der Waals surface area contributed by atoms with E-state index in [9.17, 15) is 4.79 Å². The van der Waals surface area contributed by atoms with Crippen LogP contribution in [0.25, 0.3) is 5.69 Å². The number of carbonyl (C=O) groups excluding carboxylic acids is 1. The highest BCUT2D eigenvalue weighted by Crippen LogP contribution is 2.12. The number of hydrogen-bond acceptors (Lipinski definition) is 4. The number of furan rings is 1. The zero-order valence-corrected chi connectivity index (χ0v) is 10.8. The van der Waals surface area contributed by atoms with E-state index in [-0.39, 0.29) is 5.78 Å². The van der Waals surface area contributed by atoms with Gasteiger partial charge in [0, 0.05) is 12.8 Å². The van der Waals surface area contributed by atoms with Crippen LogP contribution < -0.4 is 0 Å². The van der Waals surface area contributed by atoms with Gasteiger partial charge in [-0.1, -0.05) is 23.4 Å². The third-order valence-corrected chi connectivity index (χ3v) is 3.01. The number of rotatable bonds is 5. The molecule has 0 atom stereocenters. The molecule has 5 nitrogen and oxygen atoms in total. The van der Waals surface area contributed by atoms with Crippen LogP contribution in [0, 0.1) is 0 Å². The Hall–Kier alpha value is -2.69. The molecule has 0 unspecified atom stereocenters. The van der Waals surface area contributed by atoms with E-state index in [0.29, 0.717) is 18.5 Å². The van der Waals surface area contributed by atoms with Crippen LogP contribution >= 0.6 is 0 Å². The lowest BCUT2D eigenvalue weighted by atomic mass is 10.1. The molecule has 0 amide bonds. The Balaban J connectivity index is 1.77. The Bertz CT molecular complexity index is 687. The summed E-state index contributed by atoms with van der Waals surface area (Å²) in [5, 5.41) is 7.81. The summed E-state index contributed by atoms with van der Waals surface area (Å²) in [7, 11) is 0. The van der Waals surface area contributed by atoms with E-state index in [1.54, 1.807) is 10.9 Å². The first-order chi connectivity index (χ1) is 9.84. The average molecular weight is 267 g/mol. The normalized spacial score (nSPS) is 10.6. The van der Waals surface area contributed by atoms with E-state index in [2.05, 4.69) is 10.3 Å². The first-order valence-electron chi connectivity index (χ1n) is 6.36. The van der Waals surface area contributed by atoms with Crippen molar-refractivity contribution in [3.05, 3.63) is 66.4 Å². The monoisotopic (exact) mass is 267 g/mol. The molecule has 5 heteroatoms. The van der Waals surface area contributed by atoms with Crippen molar-refractivity contribution in [3.63, 3.8) is 0 Å². The van der Waals surface area contributed by atoms with E-state index in [1.807, 2.05) is 42.5 Å². The largest absolute Gasteiger partial charge is 0.469 e. The first-order valence-corrected chi connectivity index (χ1v) is 6.36. The Kier molecular flexibility index (Phi) is 3.41. The van der Waals surface area contributed by atoms with E-state index < -0.39 is 0 Å². The molecule has 1 aromatic carbocycles. The molecule has 100 valence electrons. The smallest absolute Gasteiger partial charge is 0.183 e. The lowest BCUT2D eigenvalue weighted by Gasteiger charge is -2.04. The standard InChI is InChI=1S/C15H13N3O2/c19-15(9-8-13-7-4-10-20-13)14-11-16-17-18(14)12-5-2-1-3-6-12/h1-7,10-11H,8-9H2. The van der Waals surface area contributed by atoms with Gasteiger partial charge in [0.15, 0.2) is 5.78 Å². The van der Waals surface area contributed by atoms with Gasteiger partial charge in [0.1, 0.15) is 11.5 Å². The van der Waals surface area contributed by atoms with E-state index in [1.165, 1.54) is 6.20 Å². The van der Waals surface area contributed by atoms with Crippen molar-refractivity contribution in [3.8, 4) is 5.69 Å². The van der Waals surface area contributed by atoms with Gasteiger partial charge >= 0.3 is 0 Å². The summed E-state index contributed by atoms with van der Waals surface area (Å²) in [6.45, 7) is 0. The van der Waals surface area contributed by atoms with Gasteiger partial charge in [0.05, 0.1) is 18.1 Å². The fourth-order valence-corrected chi connectivity index (χ4v) is 2.00. The highest BCUT2D eigenvalue weighted by Gasteiger charge is 2.14. The Morgan fingerprint density at radius 2 is 2.00 bits per heavy atom. The molecule has 3 rings (SSSR count). The number of para-hydroxylation sites is 1. The predicted molar refractivity (Wildman–Crippen MR) is 72.7 cm³/mol. The minimum atomic E-state index is -0.00440. The first kappa shape index (κ1) is 12.3. The van der Waals surface area contributed by atoms with Crippen LogP contribution in [0.15, 0.2) is 59.3 Å². The molecule has 0 aliphatic rings. The summed E-state index contributed by atoms with van der Waals surface area (Å²) in [6, 6.07) is 13.2. The van der Waals surface area contributed by atoms with Gasteiger partial charge in [-0.15, -0.1) is 5.10 Å². The number of benzene rings is 1. The molecule has 0 saturated carbocycles. The fraction of sp³-hybridized carbons (Fsp3) is 0.133. The second kappa shape index (κ2) is 5.52. The van der Waals surface area contributed by atoms with Gasteiger partial charge in [0.25, 0.3) is 0 Å². The molecule has 3 aromatic rings. The zero-order valence-electron chi connectivity index (χ0n) is 10.8. The topological polar surface area (TPSA) is 60.9 Å². The highest BCUT2D eigenvalue weighted by atomic mass is 16.3. The summed E-state index contributed by atoms with van der Waals surface area (Å²) in [5.74, 6) is 0.798. The predicted octanol–water partition coefficient (Wildman–Crippen LogP) is 2.68. The molecule has 2 heterocycles. The highest BCUT2D eigenvalue weighted by molar-refractivity contribution is 5.94. The number of nitrogens with zero attached hydrogens (tertiary/aromatic N) is 3. The summed E-state index contributed by atoms with van der Waals surface area (Å²) >= 11 is 0. The number of aromatic nitrogens is 3. The van der Waals surface area contributed by atoms with Crippen molar-refractivity contribution in [1.82, 2.24) is 15.0 Å². The molecule has 20 heavy (non-hydrogen) atoms. The summed E-state index contributed by atoms with van der Waals surface area (Å²) in [6.07, 6.45) is 4.05. The molecule has 0 aliphatic heterocycles. The van der Waals surface area contributed by atoms with Gasteiger partial charge < -0.3 is 4.42 Å². The maximum atomic E-state index is 12.3. The SMILES string of the molecule is O=C(CCc1ccco1)c1cnnn1-c1ccccc1. The van der Waals surface area contributed by atoms with Gasteiger partial charge in [-0.05, 0) is 24.3 Å². The maximum Gasteiger partial charge on any atom is 0.183 e. The Labute approximate surface area is 115 Å². The van der Waals surface area contributed by atoms with Gasteiger partial charge in [0.2, 0.25) is 0 Å². The van der Waals surface area contributed by atoms with Gasteiger partial charge in [-0.3, -0.25) is 4.79 Å². The summed E-state index contributed by atoms with van der Waals surface area (Å²) in [4.78, 5) is 12.3.